The molecular weight excluding hydrogens is 378 g/mol. The van der Waals surface area contributed by atoms with Crippen LogP contribution in [0.1, 0.15) is 25.8 Å². The van der Waals surface area contributed by atoms with Crippen LogP contribution in [0.3, 0.4) is 0 Å². The molecule has 0 saturated carbocycles. The lowest BCUT2D eigenvalue weighted by Crippen LogP contribution is -2.76. The lowest BCUT2D eigenvalue weighted by atomic mass is 9.99. The molecule has 8 nitrogen and oxygen atoms in total. The molecule has 156 valence electrons. The number of aliphatic imine (C=N–C) groups is 1. The van der Waals surface area contributed by atoms with E-state index in [0.29, 0.717) is 13.1 Å². The third kappa shape index (κ3) is 3.56. The number of aromatic nitrogens is 1. The Kier molecular flexibility index (Phi) is 5.31. The van der Waals surface area contributed by atoms with Crippen LogP contribution in [0.5, 0.6) is 0 Å². The van der Waals surface area contributed by atoms with Gasteiger partial charge in [-0.1, -0.05) is 44.5 Å². The molecule has 0 radical (unpaired) electrons. The summed E-state index contributed by atoms with van der Waals surface area (Å²) < 4.78 is 0. The maximum Gasteiger partial charge on any atom is 0.251 e. The molecule has 1 aromatic heterocycles. The van der Waals surface area contributed by atoms with E-state index in [1.807, 2.05) is 41.4 Å². The Morgan fingerprint density at radius 2 is 2.20 bits per heavy atom. The van der Waals surface area contributed by atoms with E-state index < -0.39 is 0 Å². The van der Waals surface area contributed by atoms with Gasteiger partial charge in [-0.15, -0.1) is 0 Å². The third-order valence-electron chi connectivity index (χ3n) is 5.74. The van der Waals surface area contributed by atoms with Gasteiger partial charge in [-0.05, 0) is 12.0 Å². The molecule has 2 aliphatic rings. The Bertz CT molecular complexity index is 1090. The van der Waals surface area contributed by atoms with E-state index in [1.54, 1.807) is 0 Å². The molecule has 0 spiro atoms. The molecule has 8 heteroatoms. The minimum absolute atomic E-state index is 0.0487. The molecule has 0 bridgehead atoms. The fourth-order valence-corrected chi connectivity index (χ4v) is 3.91. The first-order chi connectivity index (χ1) is 14.5. The molecule has 1 saturated heterocycles. The number of carbonyl (C=O) groups is 1. The van der Waals surface area contributed by atoms with Gasteiger partial charge in [0, 0.05) is 23.2 Å². The number of carbonyl (C=O) groups excluding carboxylic acids is 1. The number of nitrogens with zero attached hydrogens (tertiary/aromatic N) is 2. The van der Waals surface area contributed by atoms with E-state index in [2.05, 4.69) is 40.2 Å². The molecule has 3 heterocycles. The number of fused-ring (bicyclic) bond motifs is 2. The summed E-state index contributed by atoms with van der Waals surface area (Å²) in [6, 6.07) is 7.91. The average molecular weight is 407 g/mol. The molecule has 2 aromatic rings. The maximum absolute atomic E-state index is 13.2. The predicted octanol–water partition coefficient (Wildman–Crippen LogP) is -0.104. The molecule has 7 N–H and O–H groups in total. The van der Waals surface area contributed by atoms with Crippen molar-refractivity contribution in [2.24, 2.45) is 22.4 Å². The number of aromatic amines is 1. The van der Waals surface area contributed by atoms with Crippen LogP contribution >= 0.6 is 0 Å². The van der Waals surface area contributed by atoms with Crippen LogP contribution in [-0.2, 0) is 4.79 Å². The molecule has 2 aliphatic heterocycles. The molecule has 1 fully saturated rings. The normalized spacial score (nSPS) is 19.8. The minimum atomic E-state index is -0.227. The highest BCUT2D eigenvalue weighted by atomic mass is 16.2. The molecular formula is C22H28N7O+. The van der Waals surface area contributed by atoms with Crippen molar-refractivity contribution in [2.75, 3.05) is 13.1 Å². The van der Waals surface area contributed by atoms with Gasteiger partial charge in [0.25, 0.3) is 5.91 Å². The molecule has 1 unspecified atom stereocenters. The number of para-hydroxylation sites is 1. The van der Waals surface area contributed by atoms with Crippen molar-refractivity contribution in [3.63, 3.8) is 0 Å². The highest BCUT2D eigenvalue weighted by Gasteiger charge is 2.44. The summed E-state index contributed by atoms with van der Waals surface area (Å²) in [6.07, 6.45) is 6.70. The lowest BCUT2D eigenvalue weighted by Gasteiger charge is -2.19. The number of guanidine groups is 1. The number of nitrogens with one attached hydrogen (secondary N) is 3. The van der Waals surface area contributed by atoms with Crippen molar-refractivity contribution in [3.8, 4) is 0 Å². The predicted molar refractivity (Wildman–Crippen MR) is 118 cm³/mol. The molecule has 1 aromatic carbocycles. The van der Waals surface area contributed by atoms with E-state index >= 15 is 0 Å². The van der Waals surface area contributed by atoms with E-state index in [4.69, 9.17) is 11.5 Å². The number of rotatable bonds is 6. The van der Waals surface area contributed by atoms with Gasteiger partial charge in [0.15, 0.2) is 11.8 Å². The minimum Gasteiger partial charge on any atom is -0.370 e. The van der Waals surface area contributed by atoms with Crippen LogP contribution in [0.4, 0.5) is 0 Å². The third-order valence-corrected chi connectivity index (χ3v) is 5.74. The first kappa shape index (κ1) is 19.8. The fourth-order valence-electron chi connectivity index (χ4n) is 3.91. The second-order valence-corrected chi connectivity index (χ2v) is 7.71. The first-order valence-corrected chi connectivity index (χ1v) is 10.2. The average Bonchev–Trinajstić information content (AvgIpc) is 3.32. The van der Waals surface area contributed by atoms with Crippen molar-refractivity contribution in [1.29, 1.82) is 0 Å². The van der Waals surface area contributed by atoms with Crippen LogP contribution in [-0.4, -0.2) is 46.6 Å². The summed E-state index contributed by atoms with van der Waals surface area (Å²) in [5.41, 5.74) is 14.7. The van der Waals surface area contributed by atoms with Gasteiger partial charge in [-0.3, -0.25) is 9.69 Å². The first-order valence-electron chi connectivity index (χ1n) is 10.2. The Hall–Kier alpha value is -3.55. The zero-order chi connectivity index (χ0) is 21.3. The molecule has 4 rings (SSSR count). The second kappa shape index (κ2) is 8.06. The van der Waals surface area contributed by atoms with Crippen LogP contribution in [0.25, 0.3) is 10.9 Å². The van der Waals surface area contributed by atoms with Gasteiger partial charge in [0.2, 0.25) is 11.4 Å². The summed E-state index contributed by atoms with van der Waals surface area (Å²) >= 11 is 0. The van der Waals surface area contributed by atoms with E-state index in [1.165, 1.54) is 0 Å². The Morgan fingerprint density at radius 3 is 2.97 bits per heavy atom. The highest BCUT2D eigenvalue weighted by molar-refractivity contribution is 6.10. The zero-order valence-electron chi connectivity index (χ0n) is 17.3. The standard InChI is InChI=1S/C22H27N7O/c1-3-13(2)19-21(30)29-12-18(15-11-26-16-8-5-4-7-14(15)16)27-17(20(29)28-19)9-6-10-25-22(23)24/h4-9,11,13,19,26,28H,3,10,12H2,1-2H3,(H4,23,24,25)/p+1/t13-,19?/m0/s1. The van der Waals surface area contributed by atoms with Gasteiger partial charge in [0.05, 0.1) is 12.1 Å². The topological polar surface area (TPSA) is 126 Å². The Morgan fingerprint density at radius 1 is 1.40 bits per heavy atom. The summed E-state index contributed by atoms with van der Waals surface area (Å²) in [5.74, 6) is 1.19. The van der Waals surface area contributed by atoms with Crippen molar-refractivity contribution < 1.29 is 9.79 Å². The number of benzene rings is 1. The molecule has 2 atom stereocenters. The van der Waals surface area contributed by atoms with Crippen LogP contribution in [0.2, 0.25) is 0 Å². The summed E-state index contributed by atoms with van der Waals surface area (Å²) in [6.45, 7) is 5.05. The number of allylic oxidation sites excluding steroid dienone is 1. The highest BCUT2D eigenvalue weighted by Crippen LogP contribution is 2.25. The van der Waals surface area contributed by atoms with Crippen LogP contribution in [0, 0.1) is 5.92 Å². The second-order valence-electron chi connectivity index (χ2n) is 7.71. The van der Waals surface area contributed by atoms with E-state index in [0.717, 1.165) is 40.1 Å². The van der Waals surface area contributed by atoms with Gasteiger partial charge >= 0.3 is 0 Å². The number of hydrogen-bond acceptors (Lipinski definition) is 3. The van der Waals surface area contributed by atoms with Crippen LogP contribution in [0.15, 0.2) is 59.1 Å². The Balaban J connectivity index is 1.74. The quantitative estimate of drug-likeness (QED) is 0.339. The van der Waals surface area contributed by atoms with Crippen molar-refractivity contribution in [1.82, 2.24) is 15.2 Å². The van der Waals surface area contributed by atoms with E-state index in [-0.39, 0.29) is 23.8 Å². The van der Waals surface area contributed by atoms with Gasteiger partial charge in [-0.2, -0.15) is 0 Å². The summed E-state index contributed by atoms with van der Waals surface area (Å²) in [7, 11) is 0. The summed E-state index contributed by atoms with van der Waals surface area (Å²) in [4.78, 5) is 25.9. The lowest BCUT2D eigenvalue weighted by molar-refractivity contribution is -0.397. The van der Waals surface area contributed by atoms with Gasteiger partial charge in [-0.25, -0.2) is 9.98 Å². The largest absolute Gasteiger partial charge is 0.370 e. The number of H-pyrrole nitrogens is 1. The Labute approximate surface area is 175 Å². The maximum atomic E-state index is 13.2. The van der Waals surface area contributed by atoms with Crippen LogP contribution < -0.4 is 21.8 Å². The number of hydrogen-bond donors (Lipinski definition) is 5. The number of nitrogens with two attached hydrogens (primary N) is 2. The van der Waals surface area contributed by atoms with Crippen molar-refractivity contribution >= 4 is 28.5 Å². The van der Waals surface area contributed by atoms with Gasteiger partial charge < -0.3 is 21.8 Å². The van der Waals surface area contributed by atoms with Crippen molar-refractivity contribution in [2.45, 2.75) is 26.3 Å². The van der Waals surface area contributed by atoms with Crippen molar-refractivity contribution in [3.05, 3.63) is 59.7 Å². The zero-order valence-corrected chi connectivity index (χ0v) is 17.3. The number of amides is 1. The van der Waals surface area contributed by atoms with E-state index in [9.17, 15) is 4.79 Å². The SMILES string of the molecule is CC[C@H](C)C1NC2=C(C=CCN=C(N)N)[NH+]=C(c3c[nH]c4ccccc34)CN2C1=O. The smallest absolute Gasteiger partial charge is 0.251 e. The monoisotopic (exact) mass is 406 g/mol. The molecule has 30 heavy (non-hydrogen) atoms. The molecule has 1 amide bonds. The fraction of sp³-hybridized carbons (Fsp3) is 0.318. The molecule has 0 aliphatic carbocycles. The summed E-state index contributed by atoms with van der Waals surface area (Å²) in [5, 5.41) is 4.55. The van der Waals surface area contributed by atoms with Gasteiger partial charge in [0.1, 0.15) is 12.6 Å².